The second kappa shape index (κ2) is 5.78. The maximum absolute atomic E-state index is 11.6. The average Bonchev–Trinajstić information content (AvgIpc) is 2.77. The van der Waals surface area contributed by atoms with E-state index in [-0.39, 0.29) is 30.4 Å². The van der Waals surface area contributed by atoms with Crippen molar-refractivity contribution in [3.8, 4) is 0 Å². The molecule has 0 aliphatic carbocycles. The first kappa shape index (κ1) is 14.1. The molecule has 9 nitrogen and oxygen atoms in total. The highest BCUT2D eigenvalue weighted by atomic mass is 16.3. The molecule has 1 atom stereocenters. The van der Waals surface area contributed by atoms with E-state index in [1.54, 1.807) is 11.8 Å². The van der Waals surface area contributed by atoms with Gasteiger partial charge < -0.3 is 26.4 Å². The number of nitrogen functional groups attached to an aromatic ring is 1. The van der Waals surface area contributed by atoms with Gasteiger partial charge in [-0.25, -0.2) is 0 Å². The summed E-state index contributed by atoms with van der Waals surface area (Å²) in [6, 6.07) is 0. The Labute approximate surface area is 115 Å². The number of carbonyl (C=O) groups is 1. The van der Waals surface area contributed by atoms with Crippen molar-refractivity contribution in [2.24, 2.45) is 0 Å². The number of carbonyl (C=O) groups excluding carboxylic acids is 1. The zero-order valence-electron chi connectivity index (χ0n) is 11.1. The van der Waals surface area contributed by atoms with E-state index in [1.807, 2.05) is 0 Å². The maximum Gasteiger partial charge on any atom is 0.277 e. The van der Waals surface area contributed by atoms with E-state index < -0.39 is 6.10 Å². The van der Waals surface area contributed by atoms with E-state index in [1.165, 1.54) is 0 Å². The number of nitrogens with two attached hydrogens (primary N) is 1. The van der Waals surface area contributed by atoms with Crippen molar-refractivity contribution in [2.45, 2.75) is 19.4 Å². The van der Waals surface area contributed by atoms with Crippen LogP contribution in [-0.2, 0) is 4.79 Å². The van der Waals surface area contributed by atoms with Crippen LogP contribution >= 0.6 is 0 Å². The molecule has 1 aliphatic heterocycles. The topological polar surface area (TPSA) is 136 Å². The van der Waals surface area contributed by atoms with Gasteiger partial charge >= 0.3 is 0 Å². The number of hydrogen-bond donors (Lipinski definition) is 5. The lowest BCUT2D eigenvalue weighted by Gasteiger charge is -2.16. The highest BCUT2D eigenvalue weighted by Crippen LogP contribution is 2.25. The molecule has 0 bridgehead atoms. The fraction of sp³-hybridized carbons (Fsp3) is 0.545. The first-order chi connectivity index (χ1) is 9.47. The zero-order chi connectivity index (χ0) is 14.7. The van der Waals surface area contributed by atoms with Crippen molar-refractivity contribution in [1.82, 2.24) is 15.3 Å². The molecule has 20 heavy (non-hydrogen) atoms. The quantitative estimate of drug-likeness (QED) is 0.440. The monoisotopic (exact) mass is 282 g/mol. The second-order valence-electron chi connectivity index (χ2n) is 4.65. The van der Waals surface area contributed by atoms with Gasteiger partial charge in [0, 0.05) is 19.5 Å². The highest BCUT2D eigenvalue weighted by molar-refractivity contribution is 5.77. The van der Waals surface area contributed by atoms with Crippen LogP contribution in [0.15, 0.2) is 4.79 Å². The van der Waals surface area contributed by atoms with Crippen molar-refractivity contribution in [3.05, 3.63) is 10.4 Å². The van der Waals surface area contributed by atoms with Crippen molar-refractivity contribution in [1.29, 1.82) is 0 Å². The number of aromatic amines is 1. The van der Waals surface area contributed by atoms with Crippen LogP contribution < -0.4 is 26.8 Å². The standard InChI is InChI=1S/C11H18N6O3/c1-6(18)4-13-7(19)2-3-17-5-14-8-9(17)15-11(12)16-10(8)20/h6,14,18H,2-5H2,1H3,(H,13,19)(H3,12,15,16,20). The van der Waals surface area contributed by atoms with Gasteiger partial charge in [0.1, 0.15) is 5.69 Å². The molecule has 0 aromatic carbocycles. The molecule has 0 radical (unpaired) electrons. The van der Waals surface area contributed by atoms with E-state index in [0.29, 0.717) is 24.7 Å². The number of hydrogen-bond acceptors (Lipinski definition) is 7. The summed E-state index contributed by atoms with van der Waals surface area (Å²) in [5.41, 5.74) is 5.54. The fourth-order valence-corrected chi connectivity index (χ4v) is 1.89. The van der Waals surface area contributed by atoms with Crippen molar-refractivity contribution < 1.29 is 9.90 Å². The van der Waals surface area contributed by atoms with E-state index in [2.05, 4.69) is 20.6 Å². The zero-order valence-corrected chi connectivity index (χ0v) is 11.1. The molecule has 1 aromatic heterocycles. The van der Waals surface area contributed by atoms with E-state index in [0.717, 1.165) is 0 Å². The summed E-state index contributed by atoms with van der Waals surface area (Å²) in [6.07, 6.45) is -0.337. The first-order valence-electron chi connectivity index (χ1n) is 6.30. The summed E-state index contributed by atoms with van der Waals surface area (Å²) in [5, 5.41) is 14.6. The van der Waals surface area contributed by atoms with Gasteiger partial charge in [-0.2, -0.15) is 4.98 Å². The number of nitrogens with one attached hydrogen (secondary N) is 3. The predicted molar refractivity (Wildman–Crippen MR) is 74.4 cm³/mol. The van der Waals surface area contributed by atoms with Gasteiger partial charge in [-0.15, -0.1) is 0 Å². The van der Waals surface area contributed by atoms with Crippen LogP contribution in [-0.4, -0.2) is 46.8 Å². The van der Waals surface area contributed by atoms with Crippen LogP contribution in [0.25, 0.3) is 0 Å². The lowest BCUT2D eigenvalue weighted by Crippen LogP contribution is -2.34. The van der Waals surface area contributed by atoms with Gasteiger partial charge in [-0.05, 0) is 6.92 Å². The summed E-state index contributed by atoms with van der Waals surface area (Å²) in [4.78, 5) is 31.4. The van der Waals surface area contributed by atoms with E-state index >= 15 is 0 Å². The largest absolute Gasteiger partial charge is 0.392 e. The van der Waals surface area contributed by atoms with Gasteiger partial charge in [0.25, 0.3) is 5.56 Å². The minimum absolute atomic E-state index is 0.0426. The number of H-pyrrole nitrogens is 1. The number of aliphatic hydroxyl groups excluding tert-OH is 1. The van der Waals surface area contributed by atoms with Crippen LogP contribution in [0.1, 0.15) is 13.3 Å². The Morgan fingerprint density at radius 3 is 3.10 bits per heavy atom. The lowest BCUT2D eigenvalue weighted by atomic mass is 10.3. The van der Waals surface area contributed by atoms with Crippen LogP contribution in [0.2, 0.25) is 0 Å². The molecule has 6 N–H and O–H groups in total. The Morgan fingerprint density at radius 1 is 1.65 bits per heavy atom. The highest BCUT2D eigenvalue weighted by Gasteiger charge is 2.23. The molecule has 1 aliphatic rings. The molecule has 1 amide bonds. The molecule has 110 valence electrons. The molecular formula is C11H18N6O3. The third kappa shape index (κ3) is 3.18. The summed E-state index contributed by atoms with van der Waals surface area (Å²) in [6.45, 7) is 2.62. The third-order valence-electron chi connectivity index (χ3n) is 2.87. The van der Waals surface area contributed by atoms with E-state index in [4.69, 9.17) is 10.8 Å². The van der Waals surface area contributed by atoms with Crippen LogP contribution in [0.4, 0.5) is 17.5 Å². The van der Waals surface area contributed by atoms with Crippen LogP contribution in [0.5, 0.6) is 0 Å². The summed E-state index contributed by atoms with van der Waals surface area (Å²) < 4.78 is 0. The Kier molecular flexibility index (Phi) is 4.08. The van der Waals surface area contributed by atoms with Gasteiger partial charge in [-0.1, -0.05) is 0 Å². The molecule has 1 unspecified atom stereocenters. The van der Waals surface area contributed by atoms with Crippen molar-refractivity contribution >= 4 is 23.4 Å². The molecule has 0 spiro atoms. The average molecular weight is 282 g/mol. The number of anilines is 3. The first-order valence-corrected chi connectivity index (χ1v) is 6.30. The molecule has 0 saturated carbocycles. The number of aromatic nitrogens is 2. The van der Waals surface area contributed by atoms with Gasteiger partial charge in [0.05, 0.1) is 12.8 Å². The number of aliphatic hydroxyl groups is 1. The Balaban J connectivity index is 1.94. The number of fused-ring (bicyclic) bond motifs is 1. The van der Waals surface area contributed by atoms with Gasteiger partial charge in [-0.3, -0.25) is 14.6 Å². The Hall–Kier alpha value is -2.29. The van der Waals surface area contributed by atoms with Crippen molar-refractivity contribution in [3.63, 3.8) is 0 Å². The molecule has 9 heteroatoms. The lowest BCUT2D eigenvalue weighted by molar-refractivity contribution is -0.121. The molecule has 0 saturated heterocycles. The SMILES string of the molecule is CC(O)CNC(=O)CCN1CNc2c1nc(N)[nH]c2=O. The van der Waals surface area contributed by atoms with Crippen LogP contribution in [0.3, 0.4) is 0 Å². The smallest absolute Gasteiger partial charge is 0.277 e. The Bertz CT molecular complexity index is 556. The molecule has 2 heterocycles. The summed E-state index contributed by atoms with van der Waals surface area (Å²) in [7, 11) is 0. The maximum atomic E-state index is 11.6. The normalized spacial score (nSPS) is 14.6. The second-order valence-corrected chi connectivity index (χ2v) is 4.65. The minimum Gasteiger partial charge on any atom is -0.392 e. The molecule has 2 rings (SSSR count). The number of amides is 1. The number of rotatable bonds is 5. The summed E-state index contributed by atoms with van der Waals surface area (Å²) in [5.74, 6) is 0.327. The minimum atomic E-state index is -0.576. The molecule has 0 fully saturated rings. The Morgan fingerprint density at radius 2 is 2.40 bits per heavy atom. The van der Waals surface area contributed by atoms with Gasteiger partial charge in [0.15, 0.2) is 5.82 Å². The molecule has 1 aromatic rings. The van der Waals surface area contributed by atoms with Crippen LogP contribution in [0, 0.1) is 0 Å². The third-order valence-corrected chi connectivity index (χ3v) is 2.87. The summed E-state index contributed by atoms with van der Waals surface area (Å²) >= 11 is 0. The predicted octanol–water partition coefficient (Wildman–Crippen LogP) is -1.57. The van der Waals surface area contributed by atoms with Crippen molar-refractivity contribution in [2.75, 3.05) is 35.7 Å². The molecular weight excluding hydrogens is 264 g/mol. The van der Waals surface area contributed by atoms with Gasteiger partial charge in [0.2, 0.25) is 11.9 Å². The fourth-order valence-electron chi connectivity index (χ4n) is 1.89. The van der Waals surface area contributed by atoms with E-state index in [9.17, 15) is 9.59 Å². The number of nitrogens with zero attached hydrogens (tertiary/aromatic N) is 2.